The lowest BCUT2D eigenvalue weighted by Gasteiger charge is -2.23. The van der Waals surface area contributed by atoms with Crippen LogP contribution in [0.5, 0.6) is 0 Å². The van der Waals surface area contributed by atoms with Gasteiger partial charge in [0.05, 0.1) is 5.92 Å². The van der Waals surface area contributed by atoms with Crippen LogP contribution in [0.1, 0.15) is 18.1 Å². The second-order valence-corrected chi connectivity index (χ2v) is 9.20. The van der Waals surface area contributed by atoms with E-state index in [1.54, 1.807) is 48.5 Å². The molecule has 0 spiro atoms. The summed E-state index contributed by atoms with van der Waals surface area (Å²) in [5.41, 5.74) is 1.55. The number of hydrogen-bond acceptors (Lipinski definition) is 4. The molecule has 28 heavy (non-hydrogen) atoms. The number of alkyl carbamates (subject to hydrolysis) is 1. The van der Waals surface area contributed by atoms with E-state index < -0.39 is 37.3 Å². The van der Waals surface area contributed by atoms with Gasteiger partial charge in [-0.3, -0.25) is 9.36 Å². The molecule has 0 saturated carbocycles. The van der Waals surface area contributed by atoms with Crippen molar-refractivity contribution in [2.75, 3.05) is 6.16 Å². The van der Waals surface area contributed by atoms with E-state index in [1.807, 2.05) is 12.1 Å². The molecular formula is C20H24NO6P. The Morgan fingerprint density at radius 3 is 2.11 bits per heavy atom. The molecule has 3 N–H and O–H groups in total. The van der Waals surface area contributed by atoms with Gasteiger partial charge < -0.3 is 20.1 Å². The molecule has 0 heterocycles. The van der Waals surface area contributed by atoms with E-state index in [1.165, 1.54) is 6.92 Å². The van der Waals surface area contributed by atoms with Crippen molar-refractivity contribution in [2.45, 2.75) is 25.7 Å². The quantitative estimate of drug-likeness (QED) is 0.551. The minimum atomic E-state index is -3.97. The van der Waals surface area contributed by atoms with Crippen molar-refractivity contribution in [1.29, 1.82) is 0 Å². The lowest BCUT2D eigenvalue weighted by molar-refractivity contribution is -0.141. The molecule has 0 radical (unpaired) electrons. The first kappa shape index (κ1) is 21.7. The van der Waals surface area contributed by atoms with Crippen molar-refractivity contribution < 1.29 is 28.9 Å². The van der Waals surface area contributed by atoms with Crippen LogP contribution < -0.4 is 5.32 Å². The van der Waals surface area contributed by atoms with Crippen molar-refractivity contribution in [1.82, 2.24) is 5.32 Å². The van der Waals surface area contributed by atoms with Crippen LogP contribution in [-0.2, 0) is 27.1 Å². The zero-order chi connectivity index (χ0) is 20.6. The summed E-state index contributed by atoms with van der Waals surface area (Å²) in [6.07, 6.45) is -1.15. The highest BCUT2D eigenvalue weighted by Gasteiger charge is 2.34. The molecule has 0 aliphatic heterocycles. The summed E-state index contributed by atoms with van der Waals surface area (Å²) in [6.45, 7) is 1.40. The Balaban J connectivity index is 1.92. The third kappa shape index (κ3) is 6.83. The standard InChI is InChI=1S/C20H24NO6P/c1-15(21-20(24)27-13-17-10-6-3-7-11-17)28(25,26)14-18(19(22)23)12-16-8-4-2-5-9-16/h2-11,15,18H,12-14H2,1H3,(H,21,24)(H,22,23)(H,25,26)/t15-,18?/m1/s1. The summed E-state index contributed by atoms with van der Waals surface area (Å²) in [5.74, 6) is -3.33. The Morgan fingerprint density at radius 2 is 1.57 bits per heavy atom. The predicted molar refractivity (Wildman–Crippen MR) is 105 cm³/mol. The third-order valence-electron chi connectivity index (χ3n) is 4.30. The monoisotopic (exact) mass is 405 g/mol. The normalized spacial score (nSPS) is 15.1. The summed E-state index contributed by atoms with van der Waals surface area (Å²) < 4.78 is 17.7. The van der Waals surface area contributed by atoms with Crippen LogP contribution in [0, 0.1) is 5.92 Å². The molecule has 0 fully saturated rings. The molecule has 1 amide bonds. The fourth-order valence-electron chi connectivity index (χ4n) is 2.64. The van der Waals surface area contributed by atoms with Crippen LogP contribution in [0.25, 0.3) is 0 Å². The van der Waals surface area contributed by atoms with E-state index in [-0.39, 0.29) is 13.0 Å². The van der Waals surface area contributed by atoms with Gasteiger partial charge in [0.2, 0.25) is 7.37 Å². The lowest BCUT2D eigenvalue weighted by atomic mass is 10.0. The average Bonchev–Trinajstić information content (AvgIpc) is 2.67. The number of hydrogen-bond donors (Lipinski definition) is 3. The molecule has 0 aromatic heterocycles. The van der Waals surface area contributed by atoms with Crippen molar-refractivity contribution in [3.05, 3.63) is 71.8 Å². The number of ether oxygens (including phenoxy) is 1. The molecule has 2 aromatic carbocycles. The summed E-state index contributed by atoms with van der Waals surface area (Å²) in [5, 5.41) is 11.8. The summed E-state index contributed by atoms with van der Waals surface area (Å²) in [4.78, 5) is 33.8. The summed E-state index contributed by atoms with van der Waals surface area (Å²) >= 11 is 0. The highest BCUT2D eigenvalue weighted by Crippen LogP contribution is 2.47. The van der Waals surface area contributed by atoms with Crippen LogP contribution in [0.3, 0.4) is 0 Å². The highest BCUT2D eigenvalue weighted by molar-refractivity contribution is 7.58. The Morgan fingerprint density at radius 1 is 1.04 bits per heavy atom. The van der Waals surface area contributed by atoms with Crippen LogP contribution in [0.15, 0.2) is 60.7 Å². The number of benzene rings is 2. The molecular weight excluding hydrogens is 381 g/mol. The van der Waals surface area contributed by atoms with Gasteiger partial charge in [0, 0.05) is 6.16 Å². The average molecular weight is 405 g/mol. The third-order valence-corrected chi connectivity index (χ3v) is 6.60. The van der Waals surface area contributed by atoms with E-state index in [0.717, 1.165) is 11.1 Å². The largest absolute Gasteiger partial charge is 0.481 e. The molecule has 150 valence electrons. The van der Waals surface area contributed by atoms with Gasteiger partial charge in [-0.1, -0.05) is 60.7 Å². The van der Waals surface area contributed by atoms with E-state index in [0.29, 0.717) is 0 Å². The van der Waals surface area contributed by atoms with Gasteiger partial charge in [0.1, 0.15) is 12.4 Å². The number of carbonyl (C=O) groups excluding carboxylic acids is 1. The topological polar surface area (TPSA) is 113 Å². The second kappa shape index (κ2) is 10.1. The highest BCUT2D eigenvalue weighted by atomic mass is 31.2. The molecule has 2 rings (SSSR count). The molecule has 3 atom stereocenters. The minimum absolute atomic E-state index is 0.0287. The van der Waals surface area contributed by atoms with Gasteiger partial charge >= 0.3 is 12.1 Å². The molecule has 0 saturated heterocycles. The van der Waals surface area contributed by atoms with Crippen LogP contribution in [0.4, 0.5) is 4.79 Å². The first-order valence-corrected chi connectivity index (χ1v) is 10.7. The van der Waals surface area contributed by atoms with E-state index in [2.05, 4.69) is 5.32 Å². The summed E-state index contributed by atoms with van der Waals surface area (Å²) in [6, 6.07) is 17.9. The van der Waals surface area contributed by atoms with Crippen molar-refractivity contribution in [3.63, 3.8) is 0 Å². The lowest BCUT2D eigenvalue weighted by Crippen LogP contribution is -2.35. The van der Waals surface area contributed by atoms with Gasteiger partial charge in [-0.15, -0.1) is 0 Å². The van der Waals surface area contributed by atoms with E-state index in [9.17, 15) is 24.2 Å². The zero-order valence-corrected chi connectivity index (χ0v) is 16.4. The number of carboxylic acids is 1. The SMILES string of the molecule is C[C@H](NC(=O)OCc1ccccc1)P(=O)(O)CC(Cc1ccccc1)C(=O)O. The second-order valence-electron chi connectivity index (χ2n) is 6.55. The maximum Gasteiger partial charge on any atom is 0.408 e. The Hall–Kier alpha value is -2.63. The molecule has 2 aromatic rings. The number of nitrogens with one attached hydrogen (secondary N) is 1. The van der Waals surface area contributed by atoms with Crippen LogP contribution in [-0.4, -0.2) is 34.0 Å². The Bertz CT molecular complexity index is 827. The molecule has 7 nitrogen and oxygen atoms in total. The van der Waals surface area contributed by atoms with Crippen molar-refractivity contribution >= 4 is 19.4 Å². The first-order valence-electron chi connectivity index (χ1n) is 8.83. The predicted octanol–water partition coefficient (Wildman–Crippen LogP) is 3.47. The molecule has 8 heteroatoms. The van der Waals surface area contributed by atoms with Gasteiger partial charge in [-0.05, 0) is 24.5 Å². The Labute approximate surface area is 163 Å². The smallest absolute Gasteiger partial charge is 0.408 e. The molecule has 0 aliphatic carbocycles. The number of carbonyl (C=O) groups is 2. The Kier molecular flexibility index (Phi) is 7.79. The molecule has 0 aliphatic rings. The van der Waals surface area contributed by atoms with Gasteiger partial charge in [0.15, 0.2) is 0 Å². The van der Waals surface area contributed by atoms with Gasteiger partial charge in [0.25, 0.3) is 0 Å². The van der Waals surface area contributed by atoms with E-state index >= 15 is 0 Å². The van der Waals surface area contributed by atoms with Crippen LogP contribution >= 0.6 is 7.37 Å². The summed E-state index contributed by atoms with van der Waals surface area (Å²) in [7, 11) is -3.97. The maximum absolute atomic E-state index is 12.7. The first-order chi connectivity index (χ1) is 13.3. The van der Waals surface area contributed by atoms with Crippen molar-refractivity contribution in [2.24, 2.45) is 5.92 Å². The maximum atomic E-state index is 12.7. The fourth-order valence-corrected chi connectivity index (χ4v) is 4.18. The number of carboxylic acid groups (broad SMARTS) is 1. The van der Waals surface area contributed by atoms with E-state index in [4.69, 9.17) is 4.74 Å². The fraction of sp³-hybridized carbons (Fsp3) is 0.300. The number of amides is 1. The van der Waals surface area contributed by atoms with Gasteiger partial charge in [-0.2, -0.15) is 0 Å². The van der Waals surface area contributed by atoms with Gasteiger partial charge in [-0.25, -0.2) is 4.79 Å². The van der Waals surface area contributed by atoms with Crippen LogP contribution in [0.2, 0.25) is 0 Å². The minimum Gasteiger partial charge on any atom is -0.481 e. The molecule has 0 bridgehead atoms. The van der Waals surface area contributed by atoms with Crippen molar-refractivity contribution in [3.8, 4) is 0 Å². The number of rotatable bonds is 9. The zero-order valence-electron chi connectivity index (χ0n) is 15.5. The number of aliphatic carboxylic acids is 1. The molecule has 2 unspecified atom stereocenters.